The molecule has 0 saturated carbocycles. The summed E-state index contributed by atoms with van der Waals surface area (Å²) in [6, 6.07) is -0.244. The minimum absolute atomic E-state index is 0.0689. The molecule has 1 fully saturated rings. The second kappa shape index (κ2) is 8.96. The molecular formula is C15H31N3O4S. The van der Waals surface area contributed by atoms with Gasteiger partial charge in [0.15, 0.2) is 0 Å². The van der Waals surface area contributed by atoms with Crippen LogP contribution in [0.4, 0.5) is 0 Å². The Morgan fingerprint density at radius 3 is 2.17 bits per heavy atom. The Labute approximate surface area is 140 Å². The first kappa shape index (κ1) is 20.3. The van der Waals surface area contributed by atoms with Gasteiger partial charge in [0.25, 0.3) is 10.2 Å². The monoisotopic (exact) mass is 349 g/mol. The lowest BCUT2D eigenvalue weighted by molar-refractivity contribution is -0.152. The third-order valence-electron chi connectivity index (χ3n) is 4.16. The third-order valence-corrected chi connectivity index (χ3v) is 6.06. The second-order valence-corrected chi connectivity index (χ2v) is 8.81. The van der Waals surface area contributed by atoms with Gasteiger partial charge in [-0.3, -0.25) is 9.69 Å². The van der Waals surface area contributed by atoms with Crippen LogP contribution in [0.2, 0.25) is 0 Å². The minimum Gasteiger partial charge on any atom is -0.463 e. The first-order valence-electron chi connectivity index (χ1n) is 8.22. The highest BCUT2D eigenvalue weighted by molar-refractivity contribution is 7.86. The Morgan fingerprint density at radius 1 is 1.13 bits per heavy atom. The Kier molecular flexibility index (Phi) is 7.93. The van der Waals surface area contributed by atoms with E-state index >= 15 is 0 Å². The van der Waals surface area contributed by atoms with Crippen molar-refractivity contribution in [3.8, 4) is 0 Å². The van der Waals surface area contributed by atoms with Crippen LogP contribution < -0.4 is 0 Å². The minimum atomic E-state index is -3.47. The number of ether oxygens (including phenoxy) is 1. The number of likely N-dealkylation sites (N-methyl/N-ethyl adjacent to an activating group) is 1. The zero-order valence-corrected chi connectivity index (χ0v) is 15.8. The van der Waals surface area contributed by atoms with Crippen LogP contribution in [0, 0.1) is 5.92 Å². The summed E-state index contributed by atoms with van der Waals surface area (Å²) in [4.78, 5) is 14.6. The molecule has 1 rings (SSSR count). The number of hydrogen-bond donors (Lipinski definition) is 0. The summed E-state index contributed by atoms with van der Waals surface area (Å²) in [5.41, 5.74) is 0. The molecule has 0 radical (unpaired) electrons. The molecule has 7 nitrogen and oxygen atoms in total. The summed E-state index contributed by atoms with van der Waals surface area (Å²) >= 11 is 0. The van der Waals surface area contributed by atoms with Crippen molar-refractivity contribution in [2.24, 2.45) is 5.92 Å². The first-order valence-corrected chi connectivity index (χ1v) is 9.62. The molecule has 0 aromatic carbocycles. The molecule has 1 aliphatic heterocycles. The number of likely N-dealkylation sites (tertiary alicyclic amines) is 1. The van der Waals surface area contributed by atoms with E-state index in [9.17, 15) is 13.2 Å². The van der Waals surface area contributed by atoms with Crippen LogP contribution in [-0.2, 0) is 19.7 Å². The Bertz CT molecular complexity index is 473. The van der Waals surface area contributed by atoms with Gasteiger partial charge in [-0.15, -0.1) is 0 Å². The number of esters is 1. The normalized spacial score (nSPS) is 18.6. The molecule has 1 heterocycles. The molecule has 1 atom stereocenters. The fraction of sp³-hybridized carbons (Fsp3) is 0.933. The van der Waals surface area contributed by atoms with Crippen LogP contribution in [0.1, 0.15) is 33.1 Å². The van der Waals surface area contributed by atoms with Gasteiger partial charge < -0.3 is 4.74 Å². The molecule has 0 aliphatic carbocycles. The summed E-state index contributed by atoms with van der Waals surface area (Å²) in [6.07, 6.45) is 3.43. The summed E-state index contributed by atoms with van der Waals surface area (Å²) < 4.78 is 31.5. The Hall–Kier alpha value is -0.700. The lowest BCUT2D eigenvalue weighted by Crippen LogP contribution is -2.48. The van der Waals surface area contributed by atoms with Crippen LogP contribution in [0.5, 0.6) is 0 Å². The van der Waals surface area contributed by atoms with Crippen molar-refractivity contribution in [2.75, 3.05) is 47.4 Å². The van der Waals surface area contributed by atoms with Crippen molar-refractivity contribution in [3.63, 3.8) is 0 Å². The summed E-state index contributed by atoms with van der Waals surface area (Å²) in [6.45, 7) is 6.10. The van der Waals surface area contributed by atoms with Gasteiger partial charge in [-0.2, -0.15) is 17.0 Å². The lowest BCUT2D eigenvalue weighted by atomic mass is 9.99. The molecule has 23 heavy (non-hydrogen) atoms. The van der Waals surface area contributed by atoms with Crippen LogP contribution in [0.25, 0.3) is 0 Å². The highest BCUT2D eigenvalue weighted by Gasteiger charge is 2.31. The van der Waals surface area contributed by atoms with E-state index in [1.165, 1.54) is 31.9 Å². The summed E-state index contributed by atoms with van der Waals surface area (Å²) in [5, 5.41) is 0. The van der Waals surface area contributed by atoms with Crippen molar-refractivity contribution in [2.45, 2.75) is 39.2 Å². The molecule has 1 unspecified atom stereocenters. The van der Waals surface area contributed by atoms with Crippen LogP contribution in [0.3, 0.4) is 0 Å². The summed E-state index contributed by atoms with van der Waals surface area (Å²) in [5.74, 6) is -0.0820. The van der Waals surface area contributed by atoms with Crippen molar-refractivity contribution in [1.29, 1.82) is 0 Å². The van der Waals surface area contributed by atoms with E-state index in [0.717, 1.165) is 30.2 Å². The van der Waals surface area contributed by atoms with Gasteiger partial charge >= 0.3 is 5.97 Å². The van der Waals surface area contributed by atoms with E-state index in [-0.39, 0.29) is 31.1 Å². The van der Waals surface area contributed by atoms with Crippen LogP contribution in [0.15, 0.2) is 0 Å². The predicted octanol–water partition coefficient (Wildman–Crippen LogP) is 0.778. The van der Waals surface area contributed by atoms with Crippen molar-refractivity contribution < 1.29 is 17.9 Å². The topological polar surface area (TPSA) is 70.2 Å². The highest BCUT2D eigenvalue weighted by Crippen LogP contribution is 2.18. The maximum atomic E-state index is 12.4. The van der Waals surface area contributed by atoms with E-state index in [0.29, 0.717) is 0 Å². The number of piperidine rings is 1. The smallest absolute Gasteiger partial charge is 0.323 e. The zero-order chi connectivity index (χ0) is 17.6. The third kappa shape index (κ3) is 5.70. The SMILES string of the molecule is CC(C)C(C(=O)OCCN(C)S(=O)(=O)N(C)C)N1CCCCC1. The van der Waals surface area contributed by atoms with Gasteiger partial charge in [0, 0.05) is 27.7 Å². The average Bonchev–Trinajstić information content (AvgIpc) is 2.47. The molecule has 0 aromatic heterocycles. The van der Waals surface area contributed by atoms with Crippen molar-refractivity contribution in [1.82, 2.24) is 13.5 Å². The van der Waals surface area contributed by atoms with E-state index < -0.39 is 10.2 Å². The second-order valence-electron chi connectivity index (χ2n) is 6.56. The van der Waals surface area contributed by atoms with Gasteiger partial charge in [-0.25, -0.2) is 0 Å². The van der Waals surface area contributed by atoms with Gasteiger partial charge in [0.1, 0.15) is 12.6 Å². The predicted molar refractivity (Wildman–Crippen MR) is 90.2 cm³/mol. The van der Waals surface area contributed by atoms with Crippen LogP contribution in [-0.4, -0.2) is 81.3 Å². The summed E-state index contributed by atoms with van der Waals surface area (Å²) in [7, 11) is 0.963. The van der Waals surface area contributed by atoms with Crippen molar-refractivity contribution >= 4 is 16.2 Å². The zero-order valence-electron chi connectivity index (χ0n) is 15.0. The lowest BCUT2D eigenvalue weighted by Gasteiger charge is -2.35. The molecule has 1 aliphatic rings. The maximum absolute atomic E-state index is 12.4. The molecule has 0 N–H and O–H groups in total. The average molecular weight is 349 g/mol. The molecule has 0 bridgehead atoms. The Balaban J connectivity index is 2.53. The number of carbonyl (C=O) groups excluding carboxylic acids is 1. The van der Waals surface area contributed by atoms with Gasteiger partial charge in [-0.1, -0.05) is 20.3 Å². The Morgan fingerprint density at radius 2 is 1.70 bits per heavy atom. The van der Waals surface area contributed by atoms with Gasteiger partial charge in [-0.05, 0) is 31.8 Å². The first-order chi connectivity index (χ1) is 10.7. The molecule has 0 spiro atoms. The quantitative estimate of drug-likeness (QED) is 0.606. The standard InChI is InChI=1S/C15H31N3O4S/c1-13(2)14(18-9-7-6-8-10-18)15(19)22-12-11-17(5)23(20,21)16(3)4/h13-14H,6-12H2,1-5H3. The van der Waals surface area contributed by atoms with E-state index in [2.05, 4.69) is 4.90 Å². The molecular weight excluding hydrogens is 318 g/mol. The molecule has 0 amide bonds. The van der Waals surface area contributed by atoms with Crippen LogP contribution >= 0.6 is 0 Å². The highest BCUT2D eigenvalue weighted by atomic mass is 32.2. The van der Waals surface area contributed by atoms with Gasteiger partial charge in [0.2, 0.25) is 0 Å². The van der Waals surface area contributed by atoms with E-state index in [1.807, 2.05) is 13.8 Å². The maximum Gasteiger partial charge on any atom is 0.323 e. The van der Waals surface area contributed by atoms with Gasteiger partial charge in [0.05, 0.1) is 0 Å². The van der Waals surface area contributed by atoms with E-state index in [1.54, 1.807) is 0 Å². The van der Waals surface area contributed by atoms with E-state index in [4.69, 9.17) is 4.74 Å². The number of rotatable bonds is 8. The number of nitrogens with zero attached hydrogens (tertiary/aromatic N) is 3. The number of hydrogen-bond acceptors (Lipinski definition) is 5. The molecule has 0 aromatic rings. The molecule has 136 valence electrons. The number of carbonyl (C=O) groups is 1. The fourth-order valence-corrected chi connectivity index (χ4v) is 3.66. The fourth-order valence-electron chi connectivity index (χ4n) is 2.79. The largest absolute Gasteiger partial charge is 0.463 e. The molecule has 1 saturated heterocycles. The van der Waals surface area contributed by atoms with Crippen molar-refractivity contribution in [3.05, 3.63) is 0 Å². The molecule has 8 heteroatoms.